The molecule has 1 heterocycles. The van der Waals surface area contributed by atoms with E-state index in [1.54, 1.807) is 24.3 Å². The standard InChI is InChI=1S/C14H18N4O3/c15-10-3-1-9(2-4-10)14(21)17-8-13(20)18-11-5-6-12(19)16-7-11/h1-4,11H,5-8,15H2,(H,16,19)(H,17,21)(H,18,20). The summed E-state index contributed by atoms with van der Waals surface area (Å²) < 4.78 is 0. The molecule has 1 fully saturated rings. The number of carbonyl (C=O) groups excluding carboxylic acids is 3. The largest absolute Gasteiger partial charge is 0.399 e. The molecule has 7 heteroatoms. The number of benzene rings is 1. The Bertz CT molecular complexity index is 532. The van der Waals surface area contributed by atoms with Crippen molar-refractivity contribution in [3.05, 3.63) is 29.8 Å². The van der Waals surface area contributed by atoms with Gasteiger partial charge in [0, 0.05) is 30.3 Å². The van der Waals surface area contributed by atoms with Crippen molar-refractivity contribution in [3.63, 3.8) is 0 Å². The molecule has 1 unspecified atom stereocenters. The molecule has 1 aliphatic heterocycles. The smallest absolute Gasteiger partial charge is 0.251 e. The van der Waals surface area contributed by atoms with Gasteiger partial charge in [0.05, 0.1) is 6.54 Å². The lowest BCUT2D eigenvalue weighted by Crippen LogP contribution is -2.50. The van der Waals surface area contributed by atoms with Crippen LogP contribution in [0.25, 0.3) is 0 Å². The summed E-state index contributed by atoms with van der Waals surface area (Å²) in [6.45, 7) is 0.324. The summed E-state index contributed by atoms with van der Waals surface area (Å²) in [5, 5.41) is 7.98. The third kappa shape index (κ3) is 4.48. The number of nitrogens with two attached hydrogens (primary N) is 1. The molecular weight excluding hydrogens is 272 g/mol. The summed E-state index contributed by atoms with van der Waals surface area (Å²) in [6.07, 6.45) is 1.02. The average Bonchev–Trinajstić information content (AvgIpc) is 2.48. The summed E-state index contributed by atoms with van der Waals surface area (Å²) in [5.41, 5.74) is 6.56. The minimum Gasteiger partial charge on any atom is -0.399 e. The van der Waals surface area contributed by atoms with Crippen molar-refractivity contribution in [2.24, 2.45) is 0 Å². The summed E-state index contributed by atoms with van der Waals surface area (Å²) in [6, 6.07) is 6.36. The minimum atomic E-state index is -0.331. The quantitative estimate of drug-likeness (QED) is 0.554. The fraction of sp³-hybridized carbons (Fsp3) is 0.357. The van der Waals surface area contributed by atoms with Crippen LogP contribution >= 0.6 is 0 Å². The Kier molecular flexibility index (Phi) is 4.76. The van der Waals surface area contributed by atoms with Gasteiger partial charge in [0.15, 0.2) is 0 Å². The van der Waals surface area contributed by atoms with E-state index in [0.717, 1.165) is 0 Å². The Morgan fingerprint density at radius 2 is 2.00 bits per heavy atom. The molecule has 1 aromatic carbocycles. The first-order valence-corrected chi connectivity index (χ1v) is 6.74. The lowest BCUT2D eigenvalue weighted by molar-refractivity contribution is -0.125. The normalized spacial score (nSPS) is 17.7. The highest BCUT2D eigenvalue weighted by atomic mass is 16.2. The Balaban J connectivity index is 1.74. The lowest BCUT2D eigenvalue weighted by Gasteiger charge is -2.23. The van der Waals surface area contributed by atoms with Gasteiger partial charge in [-0.15, -0.1) is 0 Å². The third-order valence-electron chi connectivity index (χ3n) is 3.21. The Labute approximate surface area is 122 Å². The molecule has 3 amide bonds. The predicted molar refractivity (Wildman–Crippen MR) is 77.4 cm³/mol. The monoisotopic (exact) mass is 290 g/mol. The van der Waals surface area contributed by atoms with Crippen LogP contribution in [0.5, 0.6) is 0 Å². The summed E-state index contributed by atoms with van der Waals surface area (Å²) >= 11 is 0. The Hall–Kier alpha value is -2.57. The second kappa shape index (κ2) is 6.74. The number of amides is 3. The molecule has 0 radical (unpaired) electrons. The summed E-state index contributed by atoms with van der Waals surface area (Å²) in [5.74, 6) is -0.612. The van der Waals surface area contributed by atoms with Gasteiger partial charge in [-0.2, -0.15) is 0 Å². The van der Waals surface area contributed by atoms with Crippen molar-refractivity contribution in [3.8, 4) is 0 Å². The van der Waals surface area contributed by atoms with E-state index in [0.29, 0.717) is 30.6 Å². The van der Waals surface area contributed by atoms with Gasteiger partial charge >= 0.3 is 0 Å². The molecule has 1 atom stereocenters. The molecule has 5 N–H and O–H groups in total. The van der Waals surface area contributed by atoms with Crippen molar-refractivity contribution in [1.29, 1.82) is 0 Å². The first-order chi connectivity index (χ1) is 10.0. The number of nitrogen functional groups attached to an aromatic ring is 1. The van der Waals surface area contributed by atoms with Crippen molar-refractivity contribution in [2.45, 2.75) is 18.9 Å². The second-order valence-corrected chi connectivity index (χ2v) is 4.91. The third-order valence-corrected chi connectivity index (χ3v) is 3.21. The fourth-order valence-corrected chi connectivity index (χ4v) is 2.03. The molecule has 0 spiro atoms. The molecule has 1 saturated heterocycles. The number of piperidine rings is 1. The lowest BCUT2D eigenvalue weighted by atomic mass is 10.1. The van der Waals surface area contributed by atoms with Crippen LogP contribution in [0.2, 0.25) is 0 Å². The molecule has 7 nitrogen and oxygen atoms in total. The SMILES string of the molecule is Nc1ccc(C(=O)NCC(=O)NC2CCC(=O)NC2)cc1. The zero-order valence-electron chi connectivity index (χ0n) is 11.5. The summed E-state index contributed by atoms with van der Waals surface area (Å²) in [4.78, 5) is 34.5. The predicted octanol–water partition coefficient (Wildman–Crippen LogP) is -0.607. The number of anilines is 1. The van der Waals surface area contributed by atoms with Gasteiger partial charge in [-0.3, -0.25) is 14.4 Å². The molecule has 0 aliphatic carbocycles. The number of nitrogens with one attached hydrogen (secondary N) is 3. The maximum absolute atomic E-state index is 11.8. The highest BCUT2D eigenvalue weighted by molar-refractivity contribution is 5.96. The first kappa shape index (κ1) is 14.8. The van der Waals surface area contributed by atoms with E-state index in [4.69, 9.17) is 5.73 Å². The molecule has 112 valence electrons. The molecule has 1 aliphatic rings. The molecule has 2 rings (SSSR count). The van der Waals surface area contributed by atoms with E-state index in [1.165, 1.54) is 0 Å². The second-order valence-electron chi connectivity index (χ2n) is 4.91. The van der Waals surface area contributed by atoms with Gasteiger partial charge < -0.3 is 21.7 Å². The van der Waals surface area contributed by atoms with Crippen LogP contribution in [0.1, 0.15) is 23.2 Å². The summed E-state index contributed by atoms with van der Waals surface area (Å²) in [7, 11) is 0. The fourth-order valence-electron chi connectivity index (χ4n) is 2.03. The molecule has 0 aromatic heterocycles. The molecular formula is C14H18N4O3. The van der Waals surface area contributed by atoms with Gasteiger partial charge in [-0.05, 0) is 30.7 Å². The van der Waals surface area contributed by atoms with E-state index in [9.17, 15) is 14.4 Å². The van der Waals surface area contributed by atoms with Crippen LogP contribution in [0.3, 0.4) is 0 Å². The van der Waals surface area contributed by atoms with Crippen LogP contribution < -0.4 is 21.7 Å². The topological polar surface area (TPSA) is 113 Å². The van der Waals surface area contributed by atoms with Gasteiger partial charge in [0.25, 0.3) is 5.91 Å². The Morgan fingerprint density at radius 3 is 2.62 bits per heavy atom. The zero-order chi connectivity index (χ0) is 15.2. The number of hydrogen-bond donors (Lipinski definition) is 4. The molecule has 0 bridgehead atoms. The highest BCUT2D eigenvalue weighted by Gasteiger charge is 2.19. The molecule has 1 aromatic rings. The van der Waals surface area contributed by atoms with Crippen molar-refractivity contribution < 1.29 is 14.4 Å². The number of rotatable bonds is 4. The van der Waals surface area contributed by atoms with E-state index < -0.39 is 0 Å². The van der Waals surface area contributed by atoms with Crippen LogP contribution in [-0.2, 0) is 9.59 Å². The van der Waals surface area contributed by atoms with Gasteiger partial charge in [-0.25, -0.2) is 0 Å². The zero-order valence-corrected chi connectivity index (χ0v) is 11.5. The van der Waals surface area contributed by atoms with Crippen molar-refractivity contribution in [1.82, 2.24) is 16.0 Å². The maximum Gasteiger partial charge on any atom is 0.251 e. The average molecular weight is 290 g/mol. The van der Waals surface area contributed by atoms with Crippen molar-refractivity contribution >= 4 is 23.4 Å². The van der Waals surface area contributed by atoms with Crippen LogP contribution in [0, 0.1) is 0 Å². The minimum absolute atomic E-state index is 0.00264. The van der Waals surface area contributed by atoms with E-state index in [-0.39, 0.29) is 30.3 Å². The van der Waals surface area contributed by atoms with E-state index >= 15 is 0 Å². The number of hydrogen-bond acceptors (Lipinski definition) is 4. The number of carbonyl (C=O) groups is 3. The van der Waals surface area contributed by atoms with E-state index in [2.05, 4.69) is 16.0 Å². The van der Waals surface area contributed by atoms with Crippen molar-refractivity contribution in [2.75, 3.05) is 18.8 Å². The van der Waals surface area contributed by atoms with Crippen LogP contribution in [-0.4, -0.2) is 36.9 Å². The van der Waals surface area contributed by atoms with Crippen LogP contribution in [0.15, 0.2) is 24.3 Å². The van der Waals surface area contributed by atoms with Gasteiger partial charge in [-0.1, -0.05) is 0 Å². The molecule has 0 saturated carbocycles. The van der Waals surface area contributed by atoms with Gasteiger partial charge in [0.2, 0.25) is 11.8 Å². The Morgan fingerprint density at radius 1 is 1.29 bits per heavy atom. The molecule has 21 heavy (non-hydrogen) atoms. The van der Waals surface area contributed by atoms with Crippen LogP contribution in [0.4, 0.5) is 5.69 Å². The van der Waals surface area contributed by atoms with Gasteiger partial charge in [0.1, 0.15) is 0 Å². The first-order valence-electron chi connectivity index (χ1n) is 6.74. The highest BCUT2D eigenvalue weighted by Crippen LogP contribution is 2.05. The van der Waals surface area contributed by atoms with E-state index in [1.807, 2.05) is 0 Å². The maximum atomic E-state index is 11.8.